The summed E-state index contributed by atoms with van der Waals surface area (Å²) in [5, 5.41) is 11.1. The number of benzene rings is 3. The van der Waals surface area contributed by atoms with E-state index in [9.17, 15) is 14.9 Å². The van der Waals surface area contributed by atoms with Gasteiger partial charge < -0.3 is 4.90 Å². The molecule has 1 aliphatic heterocycles. The molecule has 7 heteroatoms. The molecule has 154 valence electrons. The Bertz CT molecular complexity index is 1300. The molecular formula is C24H20N4O3. The van der Waals surface area contributed by atoms with E-state index in [0.29, 0.717) is 25.1 Å². The number of carbonyl (C=O) groups excluding carboxylic acids is 1. The lowest BCUT2D eigenvalue weighted by Gasteiger charge is -2.17. The van der Waals surface area contributed by atoms with E-state index >= 15 is 0 Å². The highest BCUT2D eigenvalue weighted by atomic mass is 16.6. The first kappa shape index (κ1) is 19.0. The molecule has 0 N–H and O–H groups in total. The summed E-state index contributed by atoms with van der Waals surface area (Å²) in [6.07, 6.45) is 1.46. The van der Waals surface area contributed by atoms with Crippen LogP contribution in [0.1, 0.15) is 17.8 Å². The molecule has 4 aromatic rings. The summed E-state index contributed by atoms with van der Waals surface area (Å²) >= 11 is 0. The van der Waals surface area contributed by atoms with Crippen LogP contribution in [-0.4, -0.2) is 26.9 Å². The van der Waals surface area contributed by atoms with Crippen molar-refractivity contribution in [3.63, 3.8) is 0 Å². The zero-order valence-electron chi connectivity index (χ0n) is 16.8. The zero-order valence-corrected chi connectivity index (χ0v) is 16.8. The second kappa shape index (κ2) is 7.68. The van der Waals surface area contributed by atoms with E-state index in [4.69, 9.17) is 4.98 Å². The van der Waals surface area contributed by atoms with Gasteiger partial charge in [-0.25, -0.2) is 4.98 Å². The Balaban J connectivity index is 1.42. The predicted molar refractivity (Wildman–Crippen MR) is 119 cm³/mol. The van der Waals surface area contributed by atoms with E-state index in [1.807, 2.05) is 54.6 Å². The van der Waals surface area contributed by atoms with Gasteiger partial charge in [-0.15, -0.1) is 0 Å². The van der Waals surface area contributed by atoms with Gasteiger partial charge in [0, 0.05) is 37.2 Å². The largest absolute Gasteiger partial charge is 0.312 e. The van der Waals surface area contributed by atoms with Crippen molar-refractivity contribution in [2.45, 2.75) is 19.3 Å². The molecule has 3 aromatic carbocycles. The number of para-hydroxylation sites is 3. The number of non-ortho nitro benzene ring substituents is 1. The number of imidazole rings is 1. The zero-order chi connectivity index (χ0) is 21.4. The van der Waals surface area contributed by atoms with Crippen molar-refractivity contribution in [3.05, 3.63) is 94.3 Å². The molecule has 0 unspecified atom stereocenters. The quantitative estimate of drug-likeness (QED) is 0.358. The fourth-order valence-electron chi connectivity index (χ4n) is 4.20. The molecule has 31 heavy (non-hydrogen) atoms. The number of aromatic nitrogens is 2. The van der Waals surface area contributed by atoms with Crippen molar-refractivity contribution in [1.82, 2.24) is 9.55 Å². The van der Waals surface area contributed by atoms with Gasteiger partial charge in [-0.2, -0.15) is 0 Å². The van der Waals surface area contributed by atoms with Gasteiger partial charge >= 0.3 is 0 Å². The number of nitrogens with zero attached hydrogens (tertiary/aromatic N) is 4. The van der Waals surface area contributed by atoms with Crippen LogP contribution in [-0.2, 0) is 17.6 Å². The lowest BCUT2D eigenvalue weighted by Crippen LogP contribution is -2.29. The maximum atomic E-state index is 13.0. The topological polar surface area (TPSA) is 81.3 Å². The van der Waals surface area contributed by atoms with Crippen LogP contribution in [0.2, 0.25) is 0 Å². The van der Waals surface area contributed by atoms with Crippen molar-refractivity contribution in [3.8, 4) is 5.69 Å². The van der Waals surface area contributed by atoms with Crippen molar-refractivity contribution in [2.75, 3.05) is 11.4 Å². The molecular weight excluding hydrogens is 392 g/mol. The highest BCUT2D eigenvalue weighted by molar-refractivity contribution is 5.96. The fraction of sp³-hybridized carbons (Fsp3) is 0.167. The average molecular weight is 412 g/mol. The minimum Gasteiger partial charge on any atom is -0.312 e. The number of fused-ring (bicyclic) bond motifs is 2. The Morgan fingerprint density at radius 3 is 2.61 bits per heavy atom. The molecule has 7 nitrogen and oxygen atoms in total. The van der Waals surface area contributed by atoms with Crippen molar-refractivity contribution in [1.29, 1.82) is 0 Å². The van der Waals surface area contributed by atoms with Crippen LogP contribution in [0.3, 0.4) is 0 Å². The van der Waals surface area contributed by atoms with Crippen molar-refractivity contribution >= 4 is 28.3 Å². The van der Waals surface area contributed by atoms with Gasteiger partial charge in [0.1, 0.15) is 5.82 Å². The second-order valence-electron chi connectivity index (χ2n) is 7.55. The Labute approximate surface area is 178 Å². The molecule has 0 radical (unpaired) electrons. The summed E-state index contributed by atoms with van der Waals surface area (Å²) in [6, 6.07) is 22.6. The summed E-state index contributed by atoms with van der Waals surface area (Å²) in [5.41, 5.74) is 4.51. The summed E-state index contributed by atoms with van der Waals surface area (Å²) < 4.78 is 2.09. The molecule has 0 saturated carbocycles. The van der Waals surface area contributed by atoms with E-state index < -0.39 is 4.92 Å². The standard InChI is InChI=1S/C24H20N4O3/c29-24(26-15-14-17-10-11-19(28(30)31)16-22(17)26)13-12-23-25-20-8-4-5-9-21(20)27(23)18-6-2-1-3-7-18/h1-11,16H,12-15H2. The fourth-order valence-corrected chi connectivity index (χ4v) is 4.20. The second-order valence-corrected chi connectivity index (χ2v) is 7.55. The highest BCUT2D eigenvalue weighted by Crippen LogP contribution is 2.32. The van der Waals surface area contributed by atoms with Gasteiger partial charge in [0.25, 0.3) is 5.69 Å². The highest BCUT2D eigenvalue weighted by Gasteiger charge is 2.27. The van der Waals surface area contributed by atoms with E-state index in [2.05, 4.69) is 4.57 Å². The first-order valence-electron chi connectivity index (χ1n) is 10.2. The van der Waals surface area contributed by atoms with E-state index in [0.717, 1.165) is 28.1 Å². The number of hydrogen-bond acceptors (Lipinski definition) is 4. The van der Waals surface area contributed by atoms with Crippen LogP contribution in [0.15, 0.2) is 72.8 Å². The smallest absolute Gasteiger partial charge is 0.271 e. The van der Waals surface area contributed by atoms with Crippen LogP contribution in [0.5, 0.6) is 0 Å². The van der Waals surface area contributed by atoms with Gasteiger partial charge in [0.15, 0.2) is 0 Å². The number of hydrogen-bond donors (Lipinski definition) is 0. The average Bonchev–Trinajstić information content (AvgIpc) is 3.38. The van der Waals surface area contributed by atoms with Gasteiger partial charge in [-0.05, 0) is 36.2 Å². The minimum atomic E-state index is -0.427. The first-order chi connectivity index (χ1) is 15.1. The Kier molecular flexibility index (Phi) is 4.71. The molecule has 0 aliphatic carbocycles. The maximum Gasteiger partial charge on any atom is 0.271 e. The van der Waals surface area contributed by atoms with Gasteiger partial charge in [0.2, 0.25) is 5.91 Å². The number of rotatable bonds is 5. The van der Waals surface area contributed by atoms with Crippen LogP contribution in [0.4, 0.5) is 11.4 Å². The van der Waals surface area contributed by atoms with Gasteiger partial charge in [-0.1, -0.05) is 36.4 Å². The minimum absolute atomic E-state index is 0.00400. The molecule has 0 fully saturated rings. The summed E-state index contributed by atoms with van der Waals surface area (Å²) in [4.78, 5) is 30.2. The van der Waals surface area contributed by atoms with Crippen LogP contribution in [0, 0.1) is 10.1 Å². The number of aryl methyl sites for hydroxylation is 1. The number of nitro benzene ring substituents is 1. The molecule has 5 rings (SSSR count). The summed E-state index contributed by atoms with van der Waals surface area (Å²) in [7, 11) is 0. The number of anilines is 1. The van der Waals surface area contributed by atoms with Gasteiger partial charge in [0.05, 0.1) is 21.6 Å². The maximum absolute atomic E-state index is 13.0. The number of nitro groups is 1. The molecule has 1 aromatic heterocycles. The predicted octanol–water partition coefficient (Wildman–Crippen LogP) is 4.46. The van der Waals surface area contributed by atoms with Crippen LogP contribution in [0.25, 0.3) is 16.7 Å². The third-order valence-electron chi connectivity index (χ3n) is 5.68. The SMILES string of the molecule is O=C(CCc1nc2ccccc2n1-c1ccccc1)N1CCc2ccc([N+](=O)[O-])cc21. The first-order valence-corrected chi connectivity index (χ1v) is 10.2. The number of amides is 1. The molecule has 0 atom stereocenters. The number of carbonyl (C=O) groups is 1. The molecule has 2 heterocycles. The molecule has 0 bridgehead atoms. The van der Waals surface area contributed by atoms with Crippen LogP contribution < -0.4 is 4.90 Å². The summed E-state index contributed by atoms with van der Waals surface area (Å²) in [5.74, 6) is 0.769. The van der Waals surface area contributed by atoms with Gasteiger partial charge in [-0.3, -0.25) is 19.5 Å². The molecule has 1 aliphatic rings. The van der Waals surface area contributed by atoms with Crippen LogP contribution >= 0.6 is 0 Å². The normalized spacial score (nSPS) is 12.8. The van der Waals surface area contributed by atoms with Crippen molar-refractivity contribution < 1.29 is 9.72 Å². The van der Waals surface area contributed by atoms with Crippen molar-refractivity contribution in [2.24, 2.45) is 0 Å². The van der Waals surface area contributed by atoms with E-state index in [1.165, 1.54) is 12.1 Å². The Morgan fingerprint density at radius 2 is 1.81 bits per heavy atom. The Morgan fingerprint density at radius 1 is 1.03 bits per heavy atom. The lowest BCUT2D eigenvalue weighted by molar-refractivity contribution is -0.384. The molecule has 0 spiro atoms. The lowest BCUT2D eigenvalue weighted by atomic mass is 10.1. The summed E-state index contributed by atoms with van der Waals surface area (Å²) in [6.45, 7) is 0.546. The monoisotopic (exact) mass is 412 g/mol. The van der Waals surface area contributed by atoms with E-state index in [-0.39, 0.29) is 18.0 Å². The molecule has 0 saturated heterocycles. The third-order valence-corrected chi connectivity index (χ3v) is 5.68. The van der Waals surface area contributed by atoms with E-state index in [1.54, 1.807) is 11.0 Å². The third kappa shape index (κ3) is 3.44. The molecule has 1 amide bonds. The Hall–Kier alpha value is -4.00.